The van der Waals surface area contributed by atoms with E-state index in [1.165, 1.54) is 0 Å². The van der Waals surface area contributed by atoms with E-state index in [2.05, 4.69) is 0 Å². The fourth-order valence-electron chi connectivity index (χ4n) is 2.52. The number of nitro groups is 1. The maximum Gasteiger partial charge on any atom is 0.433 e. The summed E-state index contributed by atoms with van der Waals surface area (Å²) in [6.07, 6.45) is 0. The van der Waals surface area contributed by atoms with E-state index in [4.69, 9.17) is 9.15 Å². The van der Waals surface area contributed by atoms with E-state index < -0.39 is 23.4 Å². The lowest BCUT2D eigenvalue weighted by atomic mass is 9.92. The molecule has 7 heteroatoms. The third kappa shape index (κ3) is 3.34. The van der Waals surface area contributed by atoms with Crippen molar-refractivity contribution in [3.05, 3.63) is 61.9 Å². The van der Waals surface area contributed by atoms with Crippen molar-refractivity contribution in [2.45, 2.75) is 27.7 Å². The van der Waals surface area contributed by atoms with Gasteiger partial charge >= 0.3 is 11.9 Å². The zero-order valence-electron chi connectivity index (χ0n) is 13.8. The van der Waals surface area contributed by atoms with Gasteiger partial charge in [0.1, 0.15) is 4.92 Å². The highest BCUT2D eigenvalue weighted by molar-refractivity contribution is 6.01. The van der Waals surface area contributed by atoms with Crippen molar-refractivity contribution in [2.75, 3.05) is 6.61 Å². The number of aryl methyl sites for hydroxylation is 2. The number of benzene rings is 1. The average Bonchev–Trinajstić information content (AvgIpc) is 3.00. The van der Waals surface area contributed by atoms with Crippen LogP contribution in [0.1, 0.15) is 43.2 Å². The van der Waals surface area contributed by atoms with Gasteiger partial charge in [0.25, 0.3) is 0 Å². The fraction of sp³-hybridized carbons (Fsp3) is 0.294. The molecule has 0 unspecified atom stereocenters. The van der Waals surface area contributed by atoms with Crippen LogP contribution in [0.4, 0.5) is 5.88 Å². The number of Topliss-reactive ketones (excluding diaryl/α,β-unsaturated/α-hetero) is 1. The maximum absolute atomic E-state index is 12.4. The van der Waals surface area contributed by atoms with Crippen LogP contribution in [0.2, 0.25) is 0 Å². The third-order valence-corrected chi connectivity index (χ3v) is 3.94. The standard InChI is InChI=1S/C17H17NO6/c1-9-7-10(2)16(12(4)11(9)3)13(19)8-23-17(20)14-5-6-15(24-14)18(21)22/h5-7H,8H2,1-4H3. The van der Waals surface area contributed by atoms with Crippen molar-refractivity contribution in [1.82, 2.24) is 0 Å². The number of carbonyl (C=O) groups is 2. The lowest BCUT2D eigenvalue weighted by molar-refractivity contribution is -0.402. The third-order valence-electron chi connectivity index (χ3n) is 3.94. The van der Waals surface area contributed by atoms with Gasteiger partial charge in [0.05, 0.1) is 6.07 Å². The van der Waals surface area contributed by atoms with E-state index >= 15 is 0 Å². The minimum Gasteiger partial charge on any atom is -0.451 e. The van der Waals surface area contributed by atoms with Crippen molar-refractivity contribution >= 4 is 17.6 Å². The quantitative estimate of drug-likeness (QED) is 0.360. The normalized spacial score (nSPS) is 10.5. The van der Waals surface area contributed by atoms with E-state index in [1.54, 1.807) is 0 Å². The Morgan fingerprint density at radius 1 is 1.12 bits per heavy atom. The van der Waals surface area contributed by atoms with Crippen molar-refractivity contribution < 1.29 is 23.7 Å². The molecule has 1 aromatic carbocycles. The van der Waals surface area contributed by atoms with Gasteiger partial charge < -0.3 is 9.15 Å². The zero-order chi connectivity index (χ0) is 18.0. The molecule has 1 heterocycles. The molecule has 0 aliphatic carbocycles. The Kier molecular flexibility index (Phi) is 4.82. The number of ketones is 1. The van der Waals surface area contributed by atoms with Gasteiger partial charge in [-0.15, -0.1) is 0 Å². The Hall–Kier alpha value is -2.96. The summed E-state index contributed by atoms with van der Waals surface area (Å²) in [6, 6.07) is 4.10. The molecule has 2 aromatic rings. The molecular formula is C17H17NO6. The van der Waals surface area contributed by atoms with Gasteiger partial charge in [-0.25, -0.2) is 4.79 Å². The Balaban J connectivity index is 2.12. The molecule has 0 fully saturated rings. The number of nitrogens with zero attached hydrogens (tertiary/aromatic N) is 1. The Bertz CT molecular complexity index is 834. The molecule has 126 valence electrons. The predicted octanol–water partition coefficient (Wildman–Crippen LogP) is 3.46. The Morgan fingerprint density at radius 3 is 2.38 bits per heavy atom. The van der Waals surface area contributed by atoms with Crippen LogP contribution in [0.15, 0.2) is 22.6 Å². The molecule has 0 aliphatic rings. The first kappa shape index (κ1) is 17.4. The number of hydrogen-bond donors (Lipinski definition) is 0. The summed E-state index contributed by atoms with van der Waals surface area (Å²) in [5.74, 6) is -2.13. The second kappa shape index (κ2) is 6.66. The molecule has 0 bridgehead atoms. The van der Waals surface area contributed by atoms with Crippen molar-refractivity contribution in [3.8, 4) is 0 Å². The van der Waals surface area contributed by atoms with E-state index in [0.29, 0.717) is 5.56 Å². The van der Waals surface area contributed by atoms with Gasteiger partial charge in [0.15, 0.2) is 6.61 Å². The summed E-state index contributed by atoms with van der Waals surface area (Å²) >= 11 is 0. The summed E-state index contributed by atoms with van der Waals surface area (Å²) in [5.41, 5.74) is 4.28. The number of esters is 1. The molecule has 2 rings (SSSR count). The summed E-state index contributed by atoms with van der Waals surface area (Å²) < 4.78 is 9.65. The first-order chi connectivity index (χ1) is 11.2. The van der Waals surface area contributed by atoms with E-state index in [0.717, 1.165) is 34.4 Å². The van der Waals surface area contributed by atoms with Crippen molar-refractivity contribution in [3.63, 3.8) is 0 Å². The van der Waals surface area contributed by atoms with E-state index in [9.17, 15) is 19.7 Å². The van der Waals surface area contributed by atoms with Crippen LogP contribution < -0.4 is 0 Å². The number of furan rings is 1. The number of hydrogen-bond acceptors (Lipinski definition) is 6. The zero-order valence-corrected chi connectivity index (χ0v) is 13.8. The van der Waals surface area contributed by atoms with Crippen LogP contribution in [0.25, 0.3) is 0 Å². The van der Waals surface area contributed by atoms with Crippen molar-refractivity contribution in [1.29, 1.82) is 0 Å². The highest BCUT2D eigenvalue weighted by atomic mass is 16.7. The average molecular weight is 331 g/mol. The SMILES string of the molecule is Cc1cc(C)c(C(=O)COC(=O)c2ccc([N+](=O)[O-])o2)c(C)c1C. The smallest absolute Gasteiger partial charge is 0.433 e. The highest BCUT2D eigenvalue weighted by Gasteiger charge is 2.21. The maximum atomic E-state index is 12.4. The molecule has 0 spiro atoms. The largest absolute Gasteiger partial charge is 0.451 e. The molecule has 0 atom stereocenters. The van der Waals surface area contributed by atoms with Crippen LogP contribution in [0.3, 0.4) is 0 Å². The first-order valence-corrected chi connectivity index (χ1v) is 7.24. The predicted molar refractivity (Wildman–Crippen MR) is 85.4 cm³/mol. The van der Waals surface area contributed by atoms with Gasteiger partial charge in [-0.1, -0.05) is 6.07 Å². The first-order valence-electron chi connectivity index (χ1n) is 7.24. The monoisotopic (exact) mass is 331 g/mol. The lowest BCUT2D eigenvalue weighted by Gasteiger charge is -2.14. The topological polar surface area (TPSA) is 99.7 Å². The molecule has 0 amide bonds. The Morgan fingerprint density at radius 2 is 1.79 bits per heavy atom. The van der Waals surface area contributed by atoms with Gasteiger partial charge in [-0.05, 0) is 56.0 Å². The number of ether oxygens (including phenoxy) is 1. The Labute approximate surface area is 138 Å². The molecule has 0 radical (unpaired) electrons. The van der Waals surface area contributed by atoms with Crippen LogP contribution in [-0.4, -0.2) is 23.3 Å². The summed E-state index contributed by atoms with van der Waals surface area (Å²) in [5, 5.41) is 10.5. The van der Waals surface area contributed by atoms with Gasteiger partial charge in [0, 0.05) is 5.56 Å². The molecule has 7 nitrogen and oxygen atoms in total. The minimum atomic E-state index is -0.921. The van der Waals surface area contributed by atoms with Crippen LogP contribution in [-0.2, 0) is 4.74 Å². The molecule has 0 saturated carbocycles. The molecule has 24 heavy (non-hydrogen) atoms. The number of carbonyl (C=O) groups excluding carboxylic acids is 2. The second-order valence-corrected chi connectivity index (χ2v) is 5.53. The minimum absolute atomic E-state index is 0.317. The summed E-state index contributed by atoms with van der Waals surface area (Å²) in [7, 11) is 0. The highest BCUT2D eigenvalue weighted by Crippen LogP contribution is 2.22. The summed E-state index contributed by atoms with van der Waals surface area (Å²) in [6.45, 7) is 7.10. The lowest BCUT2D eigenvalue weighted by Crippen LogP contribution is -2.16. The molecule has 0 saturated heterocycles. The second-order valence-electron chi connectivity index (χ2n) is 5.53. The molecule has 0 aliphatic heterocycles. The van der Waals surface area contributed by atoms with Gasteiger partial charge in [-0.3, -0.25) is 14.9 Å². The molecular weight excluding hydrogens is 314 g/mol. The van der Waals surface area contributed by atoms with Gasteiger partial charge in [-0.2, -0.15) is 0 Å². The molecule has 1 aromatic heterocycles. The van der Waals surface area contributed by atoms with E-state index in [1.807, 2.05) is 33.8 Å². The fourth-order valence-corrected chi connectivity index (χ4v) is 2.52. The van der Waals surface area contributed by atoms with Crippen LogP contribution in [0, 0.1) is 37.8 Å². The van der Waals surface area contributed by atoms with Gasteiger partial charge in [0.2, 0.25) is 11.5 Å². The summed E-state index contributed by atoms with van der Waals surface area (Å²) in [4.78, 5) is 34.0. The van der Waals surface area contributed by atoms with Crippen LogP contribution in [0.5, 0.6) is 0 Å². The van der Waals surface area contributed by atoms with E-state index in [-0.39, 0.29) is 11.5 Å². The van der Waals surface area contributed by atoms with Crippen LogP contribution >= 0.6 is 0 Å². The molecule has 0 N–H and O–H groups in total. The number of rotatable bonds is 5. The van der Waals surface area contributed by atoms with Crippen molar-refractivity contribution in [2.24, 2.45) is 0 Å².